The quantitative estimate of drug-likeness (QED) is 0.606. The smallest absolute Gasteiger partial charge is 0.402 e. The van der Waals surface area contributed by atoms with Crippen LogP contribution in [0.2, 0.25) is 0 Å². The van der Waals surface area contributed by atoms with Gasteiger partial charge in [0.05, 0.1) is 0 Å². The van der Waals surface area contributed by atoms with Gasteiger partial charge >= 0.3 is 7.32 Å². The lowest BCUT2D eigenvalue weighted by Gasteiger charge is -2.36. The van der Waals surface area contributed by atoms with E-state index in [-0.39, 0.29) is 0 Å². The van der Waals surface area contributed by atoms with Gasteiger partial charge in [0.25, 0.3) is 0 Å². The van der Waals surface area contributed by atoms with E-state index in [2.05, 4.69) is 25.7 Å². The van der Waals surface area contributed by atoms with Gasteiger partial charge in [0, 0.05) is 5.54 Å². The molecule has 1 fully saturated rings. The van der Waals surface area contributed by atoms with E-state index in [1.165, 1.54) is 38.8 Å². The van der Waals surface area contributed by atoms with Crippen molar-refractivity contribution in [3.8, 4) is 0 Å². The molecule has 0 spiro atoms. The summed E-state index contributed by atoms with van der Waals surface area (Å²) in [5, 5.41) is 21.5. The van der Waals surface area contributed by atoms with Gasteiger partial charge in [-0.3, -0.25) is 4.90 Å². The first-order chi connectivity index (χ1) is 7.02. The van der Waals surface area contributed by atoms with Crippen LogP contribution in [0.4, 0.5) is 0 Å². The molecule has 0 aromatic rings. The highest BCUT2D eigenvalue weighted by Gasteiger charge is 2.36. The number of nitrogens with zero attached hydrogens (tertiary/aromatic N) is 1. The summed E-state index contributed by atoms with van der Waals surface area (Å²) in [5.74, 6) is 0. The summed E-state index contributed by atoms with van der Waals surface area (Å²) in [7, 11) is -2.17. The summed E-state index contributed by atoms with van der Waals surface area (Å²) in [4.78, 5) is 2.66. The summed E-state index contributed by atoms with van der Waals surface area (Å²) in [6.07, 6.45) is 5.50. The summed E-state index contributed by atoms with van der Waals surface area (Å²) < 4.78 is 0. The molecule has 0 bridgehead atoms. The molecule has 4 nitrogen and oxygen atoms in total. The molecule has 5 heteroatoms. The van der Waals surface area contributed by atoms with Crippen molar-refractivity contribution in [1.82, 2.24) is 4.90 Å². The third kappa shape index (κ3) is 4.51. The predicted molar refractivity (Wildman–Crippen MR) is 62.2 cm³/mol. The van der Waals surface area contributed by atoms with E-state index in [1.807, 2.05) is 0 Å². The molecule has 1 heterocycles. The van der Waals surface area contributed by atoms with Crippen molar-refractivity contribution in [2.24, 2.45) is 0 Å². The Morgan fingerprint density at radius 1 is 1.13 bits per heavy atom. The second kappa shape index (κ2) is 7.22. The highest BCUT2D eigenvalue weighted by atomic mass is 16.5. The van der Waals surface area contributed by atoms with Crippen molar-refractivity contribution >= 4 is 7.32 Å². The molecule has 1 aliphatic rings. The van der Waals surface area contributed by atoms with E-state index in [4.69, 9.17) is 15.1 Å². The van der Waals surface area contributed by atoms with Gasteiger partial charge in [-0.25, -0.2) is 0 Å². The van der Waals surface area contributed by atoms with Gasteiger partial charge in [-0.15, -0.1) is 0 Å². The summed E-state index contributed by atoms with van der Waals surface area (Å²) in [6, 6.07) is 0. The first-order valence-corrected chi connectivity index (χ1v) is 5.81. The third-order valence-corrected chi connectivity index (χ3v) is 3.44. The lowest BCUT2D eigenvalue weighted by molar-refractivity contribution is 0.134. The van der Waals surface area contributed by atoms with Crippen LogP contribution in [0.15, 0.2) is 0 Å². The third-order valence-electron chi connectivity index (χ3n) is 3.44. The maximum absolute atomic E-state index is 7.17. The predicted octanol–water partition coefficient (Wildman–Crippen LogP) is 0.609. The van der Waals surface area contributed by atoms with Gasteiger partial charge in [-0.1, -0.05) is 20.8 Å². The molecule has 0 aromatic heterocycles. The highest BCUT2D eigenvalue weighted by molar-refractivity contribution is 6.30. The van der Waals surface area contributed by atoms with Gasteiger partial charge < -0.3 is 15.1 Å². The maximum atomic E-state index is 7.17. The first kappa shape index (κ1) is 14.9. The Morgan fingerprint density at radius 3 is 1.87 bits per heavy atom. The standard InChI is InChI=1S/C10H21N.BH3O3/c1-4-10(5-2)8-7-9-11(10)6-3;2-1(3)4/h4-9H2,1-3H3;2-4H. The van der Waals surface area contributed by atoms with Crippen molar-refractivity contribution in [3.63, 3.8) is 0 Å². The summed E-state index contributed by atoms with van der Waals surface area (Å²) in [6.45, 7) is 9.51. The van der Waals surface area contributed by atoms with Crippen LogP contribution in [0.3, 0.4) is 0 Å². The molecule has 1 aliphatic heterocycles. The molecule has 1 rings (SSSR count). The maximum Gasteiger partial charge on any atom is 0.631 e. The van der Waals surface area contributed by atoms with E-state index >= 15 is 0 Å². The second-order valence-corrected chi connectivity index (χ2v) is 3.96. The number of likely N-dealkylation sites (tertiary alicyclic amines) is 1. The average molecular weight is 217 g/mol. The van der Waals surface area contributed by atoms with E-state index in [0.29, 0.717) is 5.54 Å². The van der Waals surface area contributed by atoms with Crippen LogP contribution >= 0.6 is 0 Å². The molecule has 0 aromatic carbocycles. The molecule has 0 amide bonds. The van der Waals surface area contributed by atoms with E-state index in [1.54, 1.807) is 0 Å². The minimum absolute atomic E-state index is 0.578. The van der Waals surface area contributed by atoms with Gasteiger partial charge in [0.1, 0.15) is 0 Å². The van der Waals surface area contributed by atoms with Crippen molar-refractivity contribution in [1.29, 1.82) is 0 Å². The average Bonchev–Trinajstić information content (AvgIpc) is 2.60. The molecule has 1 saturated heterocycles. The molecule has 3 N–H and O–H groups in total. The minimum Gasteiger partial charge on any atom is -0.402 e. The Morgan fingerprint density at radius 2 is 1.60 bits per heavy atom. The Kier molecular flexibility index (Phi) is 7.18. The molecule has 0 radical (unpaired) electrons. The van der Waals surface area contributed by atoms with Gasteiger partial charge in [0.2, 0.25) is 0 Å². The molecule has 0 unspecified atom stereocenters. The van der Waals surface area contributed by atoms with E-state index in [9.17, 15) is 0 Å². The number of rotatable bonds is 3. The van der Waals surface area contributed by atoms with E-state index in [0.717, 1.165) is 0 Å². The topological polar surface area (TPSA) is 63.9 Å². The fourth-order valence-corrected chi connectivity index (χ4v) is 2.54. The molecule has 15 heavy (non-hydrogen) atoms. The van der Waals surface area contributed by atoms with Crippen molar-refractivity contribution in [2.45, 2.75) is 52.0 Å². The zero-order valence-corrected chi connectivity index (χ0v) is 10.1. The lowest BCUT2D eigenvalue weighted by Crippen LogP contribution is -2.42. The van der Waals surface area contributed by atoms with Crippen LogP contribution < -0.4 is 0 Å². The molecule has 0 aliphatic carbocycles. The van der Waals surface area contributed by atoms with Crippen molar-refractivity contribution in [2.75, 3.05) is 13.1 Å². The Bertz CT molecular complexity index is 160. The molecular weight excluding hydrogens is 193 g/mol. The largest absolute Gasteiger partial charge is 0.631 e. The highest BCUT2D eigenvalue weighted by Crippen LogP contribution is 2.34. The van der Waals surface area contributed by atoms with Crippen LogP contribution in [-0.2, 0) is 0 Å². The van der Waals surface area contributed by atoms with Crippen LogP contribution in [0.5, 0.6) is 0 Å². The second-order valence-electron chi connectivity index (χ2n) is 3.96. The Balaban J connectivity index is 0.000000423. The normalized spacial score (nSPS) is 19.6. The minimum atomic E-state index is -2.17. The van der Waals surface area contributed by atoms with Gasteiger partial charge in [-0.2, -0.15) is 0 Å². The van der Waals surface area contributed by atoms with Crippen LogP contribution in [0.25, 0.3) is 0 Å². The molecule has 0 atom stereocenters. The zero-order chi connectivity index (χ0) is 11.9. The Labute approximate surface area is 93.1 Å². The van der Waals surface area contributed by atoms with Gasteiger partial charge in [0.15, 0.2) is 0 Å². The van der Waals surface area contributed by atoms with Crippen LogP contribution in [-0.4, -0.2) is 45.9 Å². The van der Waals surface area contributed by atoms with Gasteiger partial charge in [-0.05, 0) is 38.8 Å². The van der Waals surface area contributed by atoms with Crippen molar-refractivity contribution < 1.29 is 15.1 Å². The SMILES string of the molecule is CCN1CCCC1(CC)CC.OB(O)O. The summed E-state index contributed by atoms with van der Waals surface area (Å²) in [5.41, 5.74) is 0.578. The number of hydrogen-bond donors (Lipinski definition) is 3. The molecule has 0 saturated carbocycles. The Hall–Kier alpha value is -0.0951. The van der Waals surface area contributed by atoms with Crippen LogP contribution in [0, 0.1) is 0 Å². The lowest BCUT2D eigenvalue weighted by atomic mass is 9.90. The van der Waals surface area contributed by atoms with Crippen molar-refractivity contribution in [3.05, 3.63) is 0 Å². The fourth-order valence-electron chi connectivity index (χ4n) is 2.54. The van der Waals surface area contributed by atoms with Crippen LogP contribution in [0.1, 0.15) is 46.5 Å². The molecule has 90 valence electrons. The first-order valence-electron chi connectivity index (χ1n) is 5.81. The van der Waals surface area contributed by atoms with E-state index < -0.39 is 7.32 Å². The monoisotopic (exact) mass is 217 g/mol. The fraction of sp³-hybridized carbons (Fsp3) is 1.00. The number of hydrogen-bond acceptors (Lipinski definition) is 4. The zero-order valence-electron chi connectivity index (χ0n) is 10.1. The summed E-state index contributed by atoms with van der Waals surface area (Å²) >= 11 is 0. The molecular formula is C10H24BNO3.